The maximum Gasteiger partial charge on any atom is 0.352 e. The van der Waals surface area contributed by atoms with Crippen LogP contribution < -0.4 is 15.7 Å². The van der Waals surface area contributed by atoms with E-state index in [1.165, 1.54) is 0 Å². The highest BCUT2D eigenvalue weighted by Gasteiger charge is 2.02. The lowest BCUT2D eigenvalue weighted by atomic mass is 10.5. The highest BCUT2D eigenvalue weighted by atomic mass is 16.5. The normalized spacial score (nSPS) is 10.0. The molecule has 0 aliphatic heterocycles. The molecular formula is C9H16N4O2. The smallest absolute Gasteiger partial charge is 0.352 e. The van der Waals surface area contributed by atoms with Crippen LogP contribution in [0, 0.1) is 0 Å². The maximum atomic E-state index is 11.1. The Labute approximate surface area is 88.1 Å². The van der Waals surface area contributed by atoms with Gasteiger partial charge in [0.1, 0.15) is 0 Å². The van der Waals surface area contributed by atoms with Gasteiger partial charge >= 0.3 is 11.7 Å². The van der Waals surface area contributed by atoms with E-state index in [4.69, 9.17) is 4.74 Å². The van der Waals surface area contributed by atoms with Gasteiger partial charge in [0.2, 0.25) is 5.95 Å². The lowest BCUT2D eigenvalue weighted by Crippen LogP contribution is -2.18. The molecule has 0 radical (unpaired) electrons. The fraction of sp³-hybridized carbons (Fsp3) is 0.667. The van der Waals surface area contributed by atoms with Gasteiger partial charge in [0.15, 0.2) is 0 Å². The minimum Gasteiger partial charge on any atom is -0.463 e. The predicted molar refractivity (Wildman–Crippen MR) is 57.2 cm³/mol. The first kappa shape index (κ1) is 11.5. The fourth-order valence-electron chi connectivity index (χ4n) is 0.950. The lowest BCUT2D eigenvalue weighted by molar-refractivity contribution is 0.290. The number of aromatic nitrogens is 3. The molecule has 1 aromatic rings. The molecule has 6 nitrogen and oxygen atoms in total. The first-order valence-corrected chi connectivity index (χ1v) is 5.11. The van der Waals surface area contributed by atoms with Crippen LogP contribution in [0.2, 0.25) is 0 Å². The summed E-state index contributed by atoms with van der Waals surface area (Å²) in [6.45, 7) is 5.26. The van der Waals surface area contributed by atoms with Crippen molar-refractivity contribution < 1.29 is 4.74 Å². The van der Waals surface area contributed by atoms with Crippen LogP contribution in [0.25, 0.3) is 0 Å². The molecule has 6 heteroatoms. The number of aromatic amines is 1. The molecule has 15 heavy (non-hydrogen) atoms. The third-order valence-electron chi connectivity index (χ3n) is 1.61. The van der Waals surface area contributed by atoms with E-state index in [1.807, 2.05) is 13.8 Å². The highest BCUT2D eigenvalue weighted by molar-refractivity contribution is 5.23. The number of H-pyrrole nitrogens is 1. The van der Waals surface area contributed by atoms with E-state index in [1.54, 1.807) is 0 Å². The van der Waals surface area contributed by atoms with Gasteiger partial charge in [0.05, 0.1) is 6.61 Å². The summed E-state index contributed by atoms with van der Waals surface area (Å²) in [5.74, 6) is 0.406. The van der Waals surface area contributed by atoms with Gasteiger partial charge in [-0.05, 0) is 12.8 Å². The molecule has 2 N–H and O–H groups in total. The van der Waals surface area contributed by atoms with Crippen LogP contribution in [0.5, 0.6) is 6.01 Å². The van der Waals surface area contributed by atoms with Crippen molar-refractivity contribution in [1.29, 1.82) is 0 Å². The SMILES string of the molecule is CCCNc1nc(OCCC)nc(=O)[nH]1. The zero-order valence-electron chi connectivity index (χ0n) is 9.04. The summed E-state index contributed by atoms with van der Waals surface area (Å²) in [6, 6.07) is 0.124. The van der Waals surface area contributed by atoms with Crippen molar-refractivity contribution in [2.75, 3.05) is 18.5 Å². The Balaban J connectivity index is 2.71. The molecule has 0 saturated carbocycles. The Morgan fingerprint density at radius 3 is 2.80 bits per heavy atom. The van der Waals surface area contributed by atoms with Gasteiger partial charge in [0, 0.05) is 6.54 Å². The van der Waals surface area contributed by atoms with Crippen LogP contribution in [0.1, 0.15) is 26.7 Å². The molecule has 0 fully saturated rings. The minimum atomic E-state index is -0.449. The summed E-state index contributed by atoms with van der Waals surface area (Å²) in [7, 11) is 0. The summed E-state index contributed by atoms with van der Waals surface area (Å²) in [5.41, 5.74) is -0.449. The van der Waals surface area contributed by atoms with Crippen LogP contribution in [0.15, 0.2) is 4.79 Å². The number of hydrogen-bond donors (Lipinski definition) is 2. The Morgan fingerprint density at radius 2 is 2.13 bits per heavy atom. The molecule has 0 aliphatic rings. The molecule has 0 atom stereocenters. The average Bonchev–Trinajstić information content (AvgIpc) is 2.23. The van der Waals surface area contributed by atoms with Crippen LogP contribution >= 0.6 is 0 Å². The minimum absolute atomic E-state index is 0.124. The number of hydrogen-bond acceptors (Lipinski definition) is 5. The highest BCUT2D eigenvalue weighted by Crippen LogP contribution is 2.02. The molecule has 84 valence electrons. The molecule has 0 aliphatic carbocycles. The van der Waals surface area contributed by atoms with Crippen molar-refractivity contribution >= 4 is 5.95 Å². The second-order valence-corrected chi connectivity index (χ2v) is 3.06. The van der Waals surface area contributed by atoms with E-state index in [-0.39, 0.29) is 6.01 Å². The molecule has 0 amide bonds. The molecule has 0 saturated heterocycles. The predicted octanol–water partition coefficient (Wildman–Crippen LogP) is 0.776. The summed E-state index contributed by atoms with van der Waals surface area (Å²) >= 11 is 0. The first-order valence-electron chi connectivity index (χ1n) is 5.11. The average molecular weight is 212 g/mol. The molecule has 1 rings (SSSR count). The lowest BCUT2D eigenvalue weighted by Gasteiger charge is -2.05. The molecule has 1 aromatic heterocycles. The summed E-state index contributed by atoms with van der Waals surface area (Å²) in [5, 5.41) is 2.97. The van der Waals surface area contributed by atoms with Crippen molar-refractivity contribution in [1.82, 2.24) is 15.0 Å². The van der Waals surface area contributed by atoms with Gasteiger partial charge in [-0.15, -0.1) is 4.98 Å². The van der Waals surface area contributed by atoms with Crippen LogP contribution in [0.4, 0.5) is 5.95 Å². The topological polar surface area (TPSA) is 79.9 Å². The Morgan fingerprint density at radius 1 is 1.33 bits per heavy atom. The molecule has 0 spiro atoms. The summed E-state index contributed by atoms with van der Waals surface area (Å²) in [4.78, 5) is 21.2. The largest absolute Gasteiger partial charge is 0.463 e. The Kier molecular flexibility index (Phi) is 4.59. The van der Waals surface area contributed by atoms with Gasteiger partial charge in [0.25, 0.3) is 0 Å². The monoisotopic (exact) mass is 212 g/mol. The van der Waals surface area contributed by atoms with Gasteiger partial charge < -0.3 is 10.1 Å². The quantitative estimate of drug-likeness (QED) is 0.728. The fourth-order valence-corrected chi connectivity index (χ4v) is 0.950. The van der Waals surface area contributed by atoms with Crippen molar-refractivity contribution in [2.24, 2.45) is 0 Å². The van der Waals surface area contributed by atoms with Gasteiger partial charge in [-0.3, -0.25) is 4.98 Å². The standard InChI is InChI=1S/C9H16N4O2/c1-3-5-10-7-11-8(14)13-9(12-7)15-6-4-2/h3-6H2,1-2H3,(H2,10,11,12,13,14). The van der Waals surface area contributed by atoms with Crippen LogP contribution in [-0.4, -0.2) is 28.1 Å². The molecular weight excluding hydrogens is 196 g/mol. The van der Waals surface area contributed by atoms with E-state index in [0.29, 0.717) is 12.6 Å². The molecule has 0 unspecified atom stereocenters. The Bertz CT molecular complexity index is 321. The van der Waals surface area contributed by atoms with Crippen LogP contribution in [-0.2, 0) is 0 Å². The van der Waals surface area contributed by atoms with E-state index in [0.717, 1.165) is 19.4 Å². The summed E-state index contributed by atoms with van der Waals surface area (Å²) < 4.78 is 5.17. The number of nitrogens with zero attached hydrogens (tertiary/aromatic N) is 2. The maximum absolute atomic E-state index is 11.1. The first-order chi connectivity index (χ1) is 7.26. The molecule has 0 bridgehead atoms. The molecule has 0 aromatic carbocycles. The number of anilines is 1. The summed E-state index contributed by atoms with van der Waals surface area (Å²) in [6.07, 6.45) is 1.81. The third-order valence-corrected chi connectivity index (χ3v) is 1.61. The van der Waals surface area contributed by atoms with Gasteiger partial charge in [-0.25, -0.2) is 4.79 Å². The number of nitrogens with one attached hydrogen (secondary N) is 2. The zero-order chi connectivity index (χ0) is 11.1. The van der Waals surface area contributed by atoms with E-state index < -0.39 is 5.69 Å². The van der Waals surface area contributed by atoms with Crippen molar-refractivity contribution in [3.8, 4) is 6.01 Å². The van der Waals surface area contributed by atoms with Crippen molar-refractivity contribution in [2.45, 2.75) is 26.7 Å². The van der Waals surface area contributed by atoms with Gasteiger partial charge in [-0.2, -0.15) is 4.98 Å². The van der Waals surface area contributed by atoms with E-state index in [2.05, 4.69) is 20.3 Å². The van der Waals surface area contributed by atoms with Crippen molar-refractivity contribution in [3.63, 3.8) is 0 Å². The van der Waals surface area contributed by atoms with E-state index >= 15 is 0 Å². The second kappa shape index (κ2) is 6.00. The third kappa shape index (κ3) is 3.97. The van der Waals surface area contributed by atoms with Gasteiger partial charge in [-0.1, -0.05) is 13.8 Å². The number of rotatable bonds is 6. The van der Waals surface area contributed by atoms with Crippen molar-refractivity contribution in [3.05, 3.63) is 10.5 Å². The zero-order valence-corrected chi connectivity index (χ0v) is 9.04. The van der Waals surface area contributed by atoms with Crippen LogP contribution in [0.3, 0.4) is 0 Å². The molecule has 1 heterocycles. The van der Waals surface area contributed by atoms with E-state index in [9.17, 15) is 4.79 Å². The second-order valence-electron chi connectivity index (χ2n) is 3.06. The Hall–Kier alpha value is -1.59. The number of ether oxygens (including phenoxy) is 1.